The van der Waals surface area contributed by atoms with Crippen molar-refractivity contribution in [2.75, 3.05) is 4.90 Å². The molecule has 0 aliphatic heterocycles. The highest BCUT2D eigenvalue weighted by Crippen LogP contribution is 2.52. The second kappa shape index (κ2) is 13.9. The van der Waals surface area contributed by atoms with Crippen LogP contribution in [0.1, 0.15) is 25.0 Å². The first-order chi connectivity index (χ1) is 30.4. The molecule has 0 spiro atoms. The minimum absolute atomic E-state index is 0.237. The molecule has 12 rings (SSSR count). The van der Waals surface area contributed by atoms with Gasteiger partial charge in [0.25, 0.3) is 0 Å². The molecule has 294 valence electrons. The molecule has 2 nitrogen and oxygen atoms in total. The number of halogens is 1. The zero-order valence-corrected chi connectivity index (χ0v) is 34.5. The highest BCUT2D eigenvalue weighted by molar-refractivity contribution is 6.25. The van der Waals surface area contributed by atoms with Crippen LogP contribution in [0.4, 0.5) is 21.5 Å². The molecule has 0 radical (unpaired) electrons. The third-order valence-electron chi connectivity index (χ3n) is 13.2. The van der Waals surface area contributed by atoms with E-state index < -0.39 is 0 Å². The van der Waals surface area contributed by atoms with Gasteiger partial charge in [-0.1, -0.05) is 141 Å². The largest absolute Gasteiger partial charge is 0.310 e. The number of hydrogen-bond acceptors (Lipinski definition) is 1. The minimum atomic E-state index is -0.257. The molecule has 1 aliphatic rings. The van der Waals surface area contributed by atoms with Crippen LogP contribution in [0.25, 0.3) is 82.8 Å². The first kappa shape index (κ1) is 36.1. The lowest BCUT2D eigenvalue weighted by molar-refractivity contribution is 0.627. The SMILES string of the molecule is CC1(C)c2cc(-c3cc4ccc5cccc6c5c4c(c3)n6-c3ccc(F)cc3)ccc2-c2ccc(N(c3ccc(-c4ccccc4)cc3)c3ccc(-c4ccccc4)cc3)cc21. The number of hydrogen-bond donors (Lipinski definition) is 0. The Morgan fingerprint density at radius 2 is 0.919 bits per heavy atom. The number of nitrogens with zero attached hydrogens (tertiary/aromatic N) is 2. The highest BCUT2D eigenvalue weighted by atomic mass is 19.1. The molecule has 0 saturated heterocycles. The van der Waals surface area contributed by atoms with Crippen LogP contribution in [0, 0.1) is 5.82 Å². The lowest BCUT2D eigenvalue weighted by Gasteiger charge is -2.28. The molecule has 0 N–H and O–H groups in total. The van der Waals surface area contributed by atoms with E-state index in [4.69, 9.17) is 0 Å². The Balaban J connectivity index is 0.957. The van der Waals surface area contributed by atoms with Crippen molar-refractivity contribution in [3.63, 3.8) is 0 Å². The van der Waals surface area contributed by atoms with E-state index in [2.05, 4.69) is 211 Å². The second-order valence-corrected chi connectivity index (χ2v) is 17.1. The van der Waals surface area contributed by atoms with Gasteiger partial charge < -0.3 is 9.47 Å². The van der Waals surface area contributed by atoms with Crippen molar-refractivity contribution in [2.45, 2.75) is 19.3 Å². The number of fused-ring (bicyclic) bond motifs is 3. The molecule has 0 fully saturated rings. The Morgan fingerprint density at radius 1 is 0.387 bits per heavy atom. The molecule has 62 heavy (non-hydrogen) atoms. The molecule has 11 aromatic rings. The topological polar surface area (TPSA) is 8.17 Å². The Morgan fingerprint density at radius 3 is 1.56 bits per heavy atom. The van der Waals surface area contributed by atoms with Gasteiger partial charge in [-0.3, -0.25) is 0 Å². The molecule has 10 aromatic carbocycles. The van der Waals surface area contributed by atoms with E-state index in [0.717, 1.165) is 39.3 Å². The maximum absolute atomic E-state index is 14.2. The smallest absolute Gasteiger partial charge is 0.123 e. The lowest BCUT2D eigenvalue weighted by atomic mass is 9.81. The maximum Gasteiger partial charge on any atom is 0.123 e. The van der Waals surface area contributed by atoms with Crippen molar-refractivity contribution in [1.29, 1.82) is 0 Å². The molecule has 0 unspecified atom stereocenters. The summed E-state index contributed by atoms with van der Waals surface area (Å²) in [4.78, 5) is 2.38. The van der Waals surface area contributed by atoms with Crippen LogP contribution < -0.4 is 4.90 Å². The Hall–Kier alpha value is -7.75. The summed E-state index contributed by atoms with van der Waals surface area (Å²) in [6, 6.07) is 75.5. The summed E-state index contributed by atoms with van der Waals surface area (Å²) in [5.74, 6) is -0.237. The molecule has 1 aromatic heterocycles. The summed E-state index contributed by atoms with van der Waals surface area (Å²) in [6.07, 6.45) is 0. The van der Waals surface area contributed by atoms with Gasteiger partial charge in [-0.25, -0.2) is 4.39 Å². The summed E-state index contributed by atoms with van der Waals surface area (Å²) in [5, 5.41) is 4.88. The second-order valence-electron chi connectivity index (χ2n) is 17.1. The maximum atomic E-state index is 14.2. The molecule has 0 amide bonds. The van der Waals surface area contributed by atoms with Crippen LogP contribution in [0.2, 0.25) is 0 Å². The normalized spacial score (nSPS) is 12.9. The predicted molar refractivity (Wildman–Crippen MR) is 258 cm³/mol. The van der Waals surface area contributed by atoms with Crippen molar-refractivity contribution in [3.05, 3.63) is 229 Å². The van der Waals surface area contributed by atoms with E-state index in [0.29, 0.717) is 0 Å². The van der Waals surface area contributed by atoms with E-state index in [1.807, 2.05) is 12.1 Å². The van der Waals surface area contributed by atoms with Crippen LogP contribution in [0.15, 0.2) is 212 Å². The van der Waals surface area contributed by atoms with Crippen LogP contribution in [-0.4, -0.2) is 4.57 Å². The summed E-state index contributed by atoms with van der Waals surface area (Å²) in [6.45, 7) is 4.73. The number of rotatable bonds is 7. The number of aromatic nitrogens is 1. The van der Waals surface area contributed by atoms with Crippen LogP contribution >= 0.6 is 0 Å². The van der Waals surface area contributed by atoms with Gasteiger partial charge in [0.05, 0.1) is 11.0 Å². The fraction of sp³-hybridized carbons (Fsp3) is 0.0508. The van der Waals surface area contributed by atoms with Gasteiger partial charge in [0.2, 0.25) is 0 Å². The van der Waals surface area contributed by atoms with Gasteiger partial charge in [-0.15, -0.1) is 0 Å². The van der Waals surface area contributed by atoms with Gasteiger partial charge in [-0.05, 0) is 151 Å². The van der Waals surface area contributed by atoms with E-state index in [1.165, 1.54) is 71.6 Å². The zero-order chi connectivity index (χ0) is 41.5. The van der Waals surface area contributed by atoms with Crippen molar-refractivity contribution in [1.82, 2.24) is 4.57 Å². The average molecular weight is 797 g/mol. The van der Waals surface area contributed by atoms with Gasteiger partial charge in [0, 0.05) is 38.9 Å². The summed E-state index contributed by atoms with van der Waals surface area (Å²) < 4.78 is 16.5. The van der Waals surface area contributed by atoms with Gasteiger partial charge >= 0.3 is 0 Å². The number of benzene rings is 10. The van der Waals surface area contributed by atoms with Crippen LogP contribution in [0.5, 0.6) is 0 Å². The molecule has 1 aliphatic carbocycles. The first-order valence-electron chi connectivity index (χ1n) is 21.4. The van der Waals surface area contributed by atoms with Crippen molar-refractivity contribution in [2.24, 2.45) is 0 Å². The molecule has 1 heterocycles. The third-order valence-corrected chi connectivity index (χ3v) is 13.2. The van der Waals surface area contributed by atoms with Gasteiger partial charge in [-0.2, -0.15) is 0 Å². The molecule has 0 bridgehead atoms. The monoisotopic (exact) mass is 796 g/mol. The molecule has 3 heteroatoms. The van der Waals surface area contributed by atoms with Crippen LogP contribution in [-0.2, 0) is 5.41 Å². The summed E-state index contributed by atoms with van der Waals surface area (Å²) in [5.41, 5.74) is 18.6. The van der Waals surface area contributed by atoms with Gasteiger partial charge in [0.15, 0.2) is 0 Å². The van der Waals surface area contributed by atoms with Crippen molar-refractivity contribution in [3.8, 4) is 50.2 Å². The van der Waals surface area contributed by atoms with E-state index >= 15 is 0 Å². The predicted octanol–water partition coefficient (Wildman–Crippen LogP) is 16.3. The van der Waals surface area contributed by atoms with Crippen LogP contribution in [0.3, 0.4) is 0 Å². The standard InChI is InChI=1S/C59H41FN2/c1-59(2)53-35-43(45-34-44-17-16-42-14-9-15-55-57(42)58(44)56(36-45)62(55)49-29-23-46(60)24-30-49)22-32-51(53)52-33-31-50(37-54(52)59)61(47-25-18-40(19-26-47)38-10-5-3-6-11-38)48-27-20-41(21-28-48)39-12-7-4-8-13-39/h3-37H,1-2H3. The van der Waals surface area contributed by atoms with E-state index in [9.17, 15) is 4.39 Å². The van der Waals surface area contributed by atoms with E-state index in [1.54, 1.807) is 12.1 Å². The molecule has 0 atom stereocenters. The average Bonchev–Trinajstić information content (AvgIpc) is 3.78. The summed E-state index contributed by atoms with van der Waals surface area (Å²) in [7, 11) is 0. The number of anilines is 3. The van der Waals surface area contributed by atoms with Crippen molar-refractivity contribution < 1.29 is 4.39 Å². The fourth-order valence-corrected chi connectivity index (χ4v) is 10.1. The highest BCUT2D eigenvalue weighted by Gasteiger charge is 2.36. The summed E-state index contributed by atoms with van der Waals surface area (Å²) >= 11 is 0. The molecule has 0 saturated carbocycles. The molecular formula is C59H41FN2. The van der Waals surface area contributed by atoms with E-state index in [-0.39, 0.29) is 11.2 Å². The molecular weight excluding hydrogens is 756 g/mol. The first-order valence-corrected chi connectivity index (χ1v) is 21.4. The quantitative estimate of drug-likeness (QED) is 0.146. The third kappa shape index (κ3) is 5.69. The fourth-order valence-electron chi connectivity index (χ4n) is 10.1. The zero-order valence-electron chi connectivity index (χ0n) is 34.5. The van der Waals surface area contributed by atoms with Gasteiger partial charge in [0.1, 0.15) is 5.82 Å². The Labute approximate surface area is 360 Å². The minimum Gasteiger partial charge on any atom is -0.310 e. The Kier molecular flexibility index (Phi) is 8.10. The van der Waals surface area contributed by atoms with Crippen molar-refractivity contribution >= 4 is 49.6 Å². The lowest BCUT2D eigenvalue weighted by Crippen LogP contribution is -2.16. The Bertz CT molecular complexity index is 3370.